The van der Waals surface area contributed by atoms with E-state index >= 15 is 0 Å². The molecule has 0 bridgehead atoms. The lowest BCUT2D eigenvalue weighted by molar-refractivity contribution is -0.172. The molecule has 1 heterocycles. The molecule has 0 spiro atoms. The second-order valence-corrected chi connectivity index (χ2v) is 6.37. The van der Waals surface area contributed by atoms with Gasteiger partial charge in [0.25, 0.3) is 0 Å². The van der Waals surface area contributed by atoms with Gasteiger partial charge in [-0.2, -0.15) is 0 Å². The summed E-state index contributed by atoms with van der Waals surface area (Å²) in [6.07, 6.45) is -0.117. The number of likely N-dealkylation sites (tertiary alicyclic amines) is 1. The molecule has 1 saturated heterocycles. The fourth-order valence-corrected chi connectivity index (χ4v) is 2.12. The molecule has 1 fully saturated rings. The third-order valence-corrected chi connectivity index (χ3v) is 3.41. The summed E-state index contributed by atoms with van der Waals surface area (Å²) in [6, 6.07) is -0.774. The predicted molar refractivity (Wildman–Crippen MR) is 75.6 cm³/mol. The van der Waals surface area contributed by atoms with Crippen molar-refractivity contribution in [2.75, 3.05) is 13.7 Å². The van der Waals surface area contributed by atoms with Crippen LogP contribution in [0.15, 0.2) is 0 Å². The Hall–Kier alpha value is -1.79. The SMILES string of the molecule is COC(=O)[C@@]1(C)CCN1C(=O)[C@H](C)NC(=O)OC(C)(C)C. The van der Waals surface area contributed by atoms with Gasteiger partial charge in [-0.1, -0.05) is 0 Å². The van der Waals surface area contributed by atoms with Crippen molar-refractivity contribution in [1.82, 2.24) is 10.2 Å². The Morgan fingerprint density at radius 1 is 1.29 bits per heavy atom. The highest BCUT2D eigenvalue weighted by molar-refractivity contribution is 5.93. The van der Waals surface area contributed by atoms with Gasteiger partial charge in [-0.25, -0.2) is 9.59 Å². The lowest BCUT2D eigenvalue weighted by Crippen LogP contribution is -2.67. The highest BCUT2D eigenvalue weighted by atomic mass is 16.6. The summed E-state index contributed by atoms with van der Waals surface area (Å²) in [5, 5.41) is 2.48. The highest BCUT2D eigenvalue weighted by Crippen LogP contribution is 2.32. The van der Waals surface area contributed by atoms with Crippen LogP contribution in [0.1, 0.15) is 41.0 Å². The van der Waals surface area contributed by atoms with Crippen LogP contribution in [0.3, 0.4) is 0 Å². The minimum atomic E-state index is -0.949. The number of nitrogens with one attached hydrogen (secondary N) is 1. The molecule has 2 amide bonds. The van der Waals surface area contributed by atoms with Crippen LogP contribution in [-0.2, 0) is 19.1 Å². The van der Waals surface area contributed by atoms with E-state index in [1.807, 2.05) is 0 Å². The van der Waals surface area contributed by atoms with Gasteiger partial charge in [-0.15, -0.1) is 0 Å². The molecule has 0 radical (unpaired) electrons. The van der Waals surface area contributed by atoms with Crippen LogP contribution in [0, 0.1) is 0 Å². The van der Waals surface area contributed by atoms with Crippen molar-refractivity contribution in [2.24, 2.45) is 0 Å². The van der Waals surface area contributed by atoms with E-state index in [1.165, 1.54) is 12.0 Å². The van der Waals surface area contributed by atoms with E-state index in [9.17, 15) is 14.4 Å². The van der Waals surface area contributed by atoms with E-state index in [2.05, 4.69) is 5.32 Å². The molecular weight excluding hydrogens is 276 g/mol. The second-order valence-electron chi connectivity index (χ2n) is 6.37. The summed E-state index contributed by atoms with van der Waals surface area (Å²) in [7, 11) is 1.29. The van der Waals surface area contributed by atoms with E-state index in [0.29, 0.717) is 13.0 Å². The van der Waals surface area contributed by atoms with Gasteiger partial charge in [-0.3, -0.25) is 4.79 Å². The molecule has 1 aliphatic heterocycles. The number of hydrogen-bond donors (Lipinski definition) is 1. The fraction of sp³-hybridized carbons (Fsp3) is 0.786. The Kier molecular flexibility index (Phi) is 4.86. The van der Waals surface area contributed by atoms with E-state index < -0.39 is 29.2 Å². The van der Waals surface area contributed by atoms with Gasteiger partial charge in [0, 0.05) is 6.54 Å². The first kappa shape index (κ1) is 17.3. The Morgan fingerprint density at radius 3 is 2.24 bits per heavy atom. The topological polar surface area (TPSA) is 84.9 Å². The summed E-state index contributed by atoms with van der Waals surface area (Å²) >= 11 is 0. The molecule has 120 valence electrons. The van der Waals surface area contributed by atoms with Gasteiger partial charge in [0.2, 0.25) is 5.91 Å². The molecule has 1 N–H and O–H groups in total. The zero-order valence-electron chi connectivity index (χ0n) is 13.5. The summed E-state index contributed by atoms with van der Waals surface area (Å²) in [5.74, 6) is -0.786. The zero-order valence-corrected chi connectivity index (χ0v) is 13.5. The van der Waals surface area contributed by atoms with Crippen LogP contribution in [0.5, 0.6) is 0 Å². The summed E-state index contributed by atoms with van der Waals surface area (Å²) in [6.45, 7) is 8.89. The molecule has 7 nitrogen and oxygen atoms in total. The molecule has 0 aromatic rings. The first-order chi connectivity index (χ1) is 9.51. The van der Waals surface area contributed by atoms with Crippen molar-refractivity contribution in [1.29, 1.82) is 0 Å². The molecule has 0 aromatic carbocycles. The van der Waals surface area contributed by atoms with E-state index in [0.717, 1.165) is 0 Å². The number of ether oxygens (including phenoxy) is 2. The summed E-state index contributed by atoms with van der Waals surface area (Å²) < 4.78 is 9.82. The van der Waals surface area contributed by atoms with E-state index in [-0.39, 0.29) is 5.91 Å². The van der Waals surface area contributed by atoms with Crippen molar-refractivity contribution in [3.63, 3.8) is 0 Å². The average Bonchev–Trinajstić information content (AvgIpc) is 2.32. The lowest BCUT2D eigenvalue weighted by atomic mass is 9.86. The first-order valence-corrected chi connectivity index (χ1v) is 6.90. The highest BCUT2D eigenvalue weighted by Gasteiger charge is 2.51. The maximum atomic E-state index is 12.3. The number of carbonyl (C=O) groups is 3. The Balaban J connectivity index is 2.63. The molecule has 1 rings (SSSR count). The number of methoxy groups -OCH3 is 1. The molecule has 1 aliphatic rings. The maximum absolute atomic E-state index is 12.3. The minimum absolute atomic E-state index is 0.333. The largest absolute Gasteiger partial charge is 0.467 e. The van der Waals surface area contributed by atoms with Gasteiger partial charge in [0.1, 0.15) is 17.2 Å². The third-order valence-electron chi connectivity index (χ3n) is 3.41. The van der Waals surface area contributed by atoms with Crippen molar-refractivity contribution in [3.8, 4) is 0 Å². The van der Waals surface area contributed by atoms with Crippen LogP contribution in [0.2, 0.25) is 0 Å². The standard InChI is InChI=1S/C14H24N2O5/c1-9(15-12(19)21-13(2,3)4)10(17)16-8-7-14(16,5)11(18)20-6/h9H,7-8H2,1-6H3,(H,15,19)/t9-,14+/m0/s1. The molecule has 2 atom stereocenters. The molecule has 7 heteroatoms. The van der Waals surface area contributed by atoms with Crippen molar-refractivity contribution >= 4 is 18.0 Å². The van der Waals surface area contributed by atoms with Crippen LogP contribution in [0.25, 0.3) is 0 Å². The number of rotatable bonds is 3. The Bertz CT molecular complexity index is 443. The molecule has 0 unspecified atom stereocenters. The normalized spacial score (nSPS) is 22.9. The predicted octanol–water partition coefficient (Wildman–Crippen LogP) is 1.06. The van der Waals surface area contributed by atoms with Gasteiger partial charge in [0.15, 0.2) is 0 Å². The quantitative estimate of drug-likeness (QED) is 0.788. The average molecular weight is 300 g/mol. The second kappa shape index (κ2) is 5.91. The molecular formula is C14H24N2O5. The molecule has 0 saturated carbocycles. The molecule has 0 aliphatic carbocycles. The van der Waals surface area contributed by atoms with Crippen LogP contribution in [-0.4, -0.2) is 53.7 Å². The number of amides is 2. The molecule has 21 heavy (non-hydrogen) atoms. The van der Waals surface area contributed by atoms with Gasteiger partial charge >= 0.3 is 12.1 Å². The van der Waals surface area contributed by atoms with Gasteiger partial charge < -0.3 is 19.7 Å². The zero-order chi connectivity index (χ0) is 16.4. The lowest BCUT2D eigenvalue weighted by Gasteiger charge is -2.48. The van der Waals surface area contributed by atoms with Gasteiger partial charge in [0.05, 0.1) is 7.11 Å². The minimum Gasteiger partial charge on any atom is -0.467 e. The van der Waals surface area contributed by atoms with E-state index in [4.69, 9.17) is 9.47 Å². The van der Waals surface area contributed by atoms with Crippen LogP contribution >= 0.6 is 0 Å². The smallest absolute Gasteiger partial charge is 0.408 e. The number of carbonyl (C=O) groups excluding carboxylic acids is 3. The maximum Gasteiger partial charge on any atom is 0.408 e. The number of hydrogen-bond acceptors (Lipinski definition) is 5. The monoisotopic (exact) mass is 300 g/mol. The summed E-state index contributed by atoms with van der Waals surface area (Å²) in [5.41, 5.74) is -1.58. The number of nitrogens with zero attached hydrogens (tertiary/aromatic N) is 1. The summed E-state index contributed by atoms with van der Waals surface area (Å²) in [4.78, 5) is 37.1. The third kappa shape index (κ3) is 3.86. The van der Waals surface area contributed by atoms with Crippen LogP contribution in [0.4, 0.5) is 4.79 Å². The van der Waals surface area contributed by atoms with Crippen molar-refractivity contribution in [3.05, 3.63) is 0 Å². The number of esters is 1. The van der Waals surface area contributed by atoms with E-state index in [1.54, 1.807) is 34.6 Å². The van der Waals surface area contributed by atoms with Crippen molar-refractivity contribution in [2.45, 2.75) is 58.2 Å². The van der Waals surface area contributed by atoms with Crippen molar-refractivity contribution < 1.29 is 23.9 Å². The van der Waals surface area contributed by atoms with Gasteiger partial charge in [-0.05, 0) is 41.0 Å². The van der Waals surface area contributed by atoms with Crippen LogP contribution < -0.4 is 5.32 Å². The fourth-order valence-electron chi connectivity index (χ4n) is 2.12. The molecule has 0 aromatic heterocycles. The Labute approximate surface area is 124 Å². The number of alkyl carbamates (subject to hydrolysis) is 1. The first-order valence-electron chi connectivity index (χ1n) is 6.90. The Morgan fingerprint density at radius 2 is 1.86 bits per heavy atom.